The number of aliphatic hydroxyl groups is 1. The van der Waals surface area contributed by atoms with Crippen LogP contribution >= 0.6 is 0 Å². The predicted molar refractivity (Wildman–Crippen MR) is 96.8 cm³/mol. The minimum Gasteiger partial charge on any atom is -0.396 e. The first-order valence-corrected chi connectivity index (χ1v) is 8.82. The molecule has 1 aromatic carbocycles. The van der Waals surface area contributed by atoms with E-state index in [-0.39, 0.29) is 6.04 Å². The van der Waals surface area contributed by atoms with Crippen molar-refractivity contribution in [2.45, 2.75) is 32.4 Å². The zero-order valence-corrected chi connectivity index (χ0v) is 14.7. The van der Waals surface area contributed by atoms with Crippen molar-refractivity contribution in [3.63, 3.8) is 0 Å². The van der Waals surface area contributed by atoms with Crippen molar-refractivity contribution in [3.05, 3.63) is 47.8 Å². The van der Waals surface area contributed by atoms with Crippen LogP contribution in [0.1, 0.15) is 36.9 Å². The number of piperidine rings is 1. The molecule has 2 heterocycles. The molecule has 1 unspecified atom stereocenters. The second-order valence-electron chi connectivity index (χ2n) is 6.87. The molecule has 0 amide bonds. The number of aromatic nitrogens is 2. The van der Waals surface area contributed by atoms with E-state index in [1.54, 1.807) is 0 Å². The monoisotopic (exact) mass is 328 g/mol. The van der Waals surface area contributed by atoms with E-state index < -0.39 is 0 Å². The molecule has 1 fully saturated rings. The summed E-state index contributed by atoms with van der Waals surface area (Å²) in [5, 5.41) is 17.2. The molecule has 5 nitrogen and oxygen atoms in total. The van der Waals surface area contributed by atoms with Crippen LogP contribution in [0.25, 0.3) is 0 Å². The average Bonchev–Trinajstić information content (AvgIpc) is 3.04. The van der Waals surface area contributed by atoms with Gasteiger partial charge in [-0.2, -0.15) is 5.10 Å². The molecule has 130 valence electrons. The number of hydrogen-bond acceptors (Lipinski definition) is 4. The maximum absolute atomic E-state index is 9.28. The Morgan fingerprint density at radius 1 is 1.29 bits per heavy atom. The molecule has 0 aliphatic carbocycles. The van der Waals surface area contributed by atoms with Crippen LogP contribution in [0.3, 0.4) is 0 Å². The first kappa shape index (κ1) is 17.0. The molecule has 1 atom stereocenters. The number of nitrogens with one attached hydrogen (secondary N) is 1. The summed E-state index contributed by atoms with van der Waals surface area (Å²) in [6.07, 6.45) is 6.16. The van der Waals surface area contributed by atoms with Crippen LogP contribution in [-0.4, -0.2) is 39.5 Å². The summed E-state index contributed by atoms with van der Waals surface area (Å²) in [7, 11) is 1.94. The maximum Gasteiger partial charge on any atom is 0.0542 e. The second kappa shape index (κ2) is 7.81. The van der Waals surface area contributed by atoms with Gasteiger partial charge in [-0.05, 0) is 50.4 Å². The highest BCUT2D eigenvalue weighted by Gasteiger charge is 2.19. The lowest BCUT2D eigenvalue weighted by Gasteiger charge is -2.31. The fraction of sp³-hybridized carbons (Fsp3) is 0.526. The molecular formula is C19H28N4O. The molecule has 1 saturated heterocycles. The van der Waals surface area contributed by atoms with Crippen LogP contribution < -0.4 is 5.32 Å². The van der Waals surface area contributed by atoms with Gasteiger partial charge in [-0.3, -0.25) is 9.58 Å². The Hall–Kier alpha value is -1.85. The molecule has 1 aliphatic rings. The Kier molecular flexibility index (Phi) is 5.53. The van der Waals surface area contributed by atoms with Gasteiger partial charge in [-0.1, -0.05) is 18.2 Å². The molecule has 1 aliphatic heterocycles. The van der Waals surface area contributed by atoms with Crippen LogP contribution in [0.5, 0.6) is 0 Å². The predicted octanol–water partition coefficient (Wildman–Crippen LogP) is 2.80. The summed E-state index contributed by atoms with van der Waals surface area (Å²) in [5.74, 6) is 0.486. The fourth-order valence-electron chi connectivity index (χ4n) is 3.35. The van der Waals surface area contributed by atoms with E-state index in [4.69, 9.17) is 0 Å². The molecule has 0 radical (unpaired) electrons. The lowest BCUT2D eigenvalue weighted by Crippen LogP contribution is -2.34. The van der Waals surface area contributed by atoms with Gasteiger partial charge in [0.25, 0.3) is 0 Å². The van der Waals surface area contributed by atoms with Crippen molar-refractivity contribution in [2.24, 2.45) is 13.0 Å². The lowest BCUT2D eigenvalue weighted by molar-refractivity contribution is 0.127. The van der Waals surface area contributed by atoms with Gasteiger partial charge in [0.1, 0.15) is 0 Å². The first-order valence-electron chi connectivity index (χ1n) is 8.82. The third kappa shape index (κ3) is 4.16. The van der Waals surface area contributed by atoms with Crippen molar-refractivity contribution in [1.29, 1.82) is 0 Å². The highest BCUT2D eigenvalue weighted by atomic mass is 16.3. The number of rotatable bonds is 6. The van der Waals surface area contributed by atoms with E-state index in [2.05, 4.69) is 52.7 Å². The second-order valence-corrected chi connectivity index (χ2v) is 6.87. The fourth-order valence-corrected chi connectivity index (χ4v) is 3.35. The lowest BCUT2D eigenvalue weighted by atomic mass is 9.97. The molecule has 24 heavy (non-hydrogen) atoms. The van der Waals surface area contributed by atoms with Crippen LogP contribution in [0.15, 0.2) is 36.7 Å². The summed E-state index contributed by atoms with van der Waals surface area (Å²) in [6, 6.07) is 8.77. The third-order valence-electron chi connectivity index (χ3n) is 4.97. The third-order valence-corrected chi connectivity index (χ3v) is 4.97. The standard InChI is InChI=1S/C19H28N4O/c1-15(18-11-20-22(2)12-18)21-19-6-4-3-5-17(19)13-23-9-7-16(14-24)8-10-23/h3-6,11-12,15-16,21,24H,7-10,13-14H2,1-2H3. The number of anilines is 1. The zero-order chi connectivity index (χ0) is 16.9. The largest absolute Gasteiger partial charge is 0.396 e. The van der Waals surface area contributed by atoms with Crippen molar-refractivity contribution in [1.82, 2.24) is 14.7 Å². The minimum absolute atomic E-state index is 0.222. The van der Waals surface area contributed by atoms with Crippen LogP contribution in [-0.2, 0) is 13.6 Å². The Bertz CT molecular complexity index is 646. The summed E-state index contributed by atoms with van der Waals surface area (Å²) in [5.41, 5.74) is 3.71. The van der Waals surface area contributed by atoms with Gasteiger partial charge in [-0.15, -0.1) is 0 Å². The van der Waals surface area contributed by atoms with E-state index in [0.717, 1.165) is 32.5 Å². The quantitative estimate of drug-likeness (QED) is 0.856. The number of nitrogens with zero attached hydrogens (tertiary/aromatic N) is 3. The topological polar surface area (TPSA) is 53.3 Å². The molecule has 5 heteroatoms. The van der Waals surface area contributed by atoms with Gasteiger partial charge in [0.15, 0.2) is 0 Å². The van der Waals surface area contributed by atoms with Gasteiger partial charge >= 0.3 is 0 Å². The van der Waals surface area contributed by atoms with E-state index in [0.29, 0.717) is 12.5 Å². The normalized spacial score (nSPS) is 17.8. The van der Waals surface area contributed by atoms with Crippen molar-refractivity contribution < 1.29 is 5.11 Å². The van der Waals surface area contributed by atoms with E-state index >= 15 is 0 Å². The van der Waals surface area contributed by atoms with Crippen LogP contribution in [0.4, 0.5) is 5.69 Å². The highest BCUT2D eigenvalue weighted by molar-refractivity contribution is 5.52. The number of aryl methyl sites for hydroxylation is 1. The summed E-state index contributed by atoms with van der Waals surface area (Å²) in [6.45, 7) is 5.59. The Balaban J connectivity index is 1.65. The van der Waals surface area contributed by atoms with Crippen LogP contribution in [0.2, 0.25) is 0 Å². The summed E-state index contributed by atoms with van der Waals surface area (Å²) >= 11 is 0. The first-order chi connectivity index (χ1) is 11.7. The summed E-state index contributed by atoms with van der Waals surface area (Å²) in [4.78, 5) is 2.49. The molecule has 2 N–H and O–H groups in total. The smallest absolute Gasteiger partial charge is 0.0542 e. The van der Waals surface area contributed by atoms with Crippen molar-refractivity contribution >= 4 is 5.69 Å². The molecule has 3 rings (SSSR count). The zero-order valence-electron chi connectivity index (χ0n) is 14.7. The molecule has 0 bridgehead atoms. The maximum atomic E-state index is 9.28. The molecule has 0 saturated carbocycles. The van der Waals surface area contributed by atoms with Gasteiger partial charge < -0.3 is 10.4 Å². The SMILES string of the molecule is CC(Nc1ccccc1CN1CCC(CO)CC1)c1cnn(C)c1. The molecular weight excluding hydrogens is 300 g/mol. The highest BCUT2D eigenvalue weighted by Crippen LogP contribution is 2.25. The van der Waals surface area contributed by atoms with E-state index in [1.807, 2.05) is 17.9 Å². The van der Waals surface area contributed by atoms with Crippen LogP contribution in [0, 0.1) is 5.92 Å². The number of benzene rings is 1. The van der Waals surface area contributed by atoms with Crippen molar-refractivity contribution in [2.75, 3.05) is 25.0 Å². The molecule has 0 spiro atoms. The Labute approximate surface area is 144 Å². The Morgan fingerprint density at radius 3 is 2.71 bits per heavy atom. The van der Waals surface area contributed by atoms with Crippen molar-refractivity contribution in [3.8, 4) is 0 Å². The van der Waals surface area contributed by atoms with E-state index in [9.17, 15) is 5.11 Å². The van der Waals surface area contributed by atoms with Gasteiger partial charge in [0.05, 0.1) is 12.2 Å². The number of hydrogen-bond donors (Lipinski definition) is 2. The Morgan fingerprint density at radius 2 is 2.04 bits per heavy atom. The van der Waals surface area contributed by atoms with Gasteiger partial charge in [0, 0.05) is 37.6 Å². The average molecular weight is 328 g/mol. The molecule has 2 aromatic rings. The number of aliphatic hydroxyl groups excluding tert-OH is 1. The van der Waals surface area contributed by atoms with Gasteiger partial charge in [-0.25, -0.2) is 0 Å². The number of para-hydroxylation sites is 1. The molecule has 1 aromatic heterocycles. The van der Waals surface area contributed by atoms with E-state index in [1.165, 1.54) is 16.8 Å². The summed E-state index contributed by atoms with van der Waals surface area (Å²) < 4.78 is 1.84. The minimum atomic E-state index is 0.222. The number of likely N-dealkylation sites (tertiary alicyclic amines) is 1. The van der Waals surface area contributed by atoms with Gasteiger partial charge in [0.2, 0.25) is 0 Å².